The Morgan fingerprint density at radius 2 is 2.20 bits per heavy atom. The monoisotopic (exact) mass is 342 g/mol. The molecule has 25 heavy (non-hydrogen) atoms. The summed E-state index contributed by atoms with van der Waals surface area (Å²) < 4.78 is 12.9. The summed E-state index contributed by atoms with van der Waals surface area (Å²) in [5, 5.41) is 2.84. The molecule has 0 saturated heterocycles. The largest absolute Gasteiger partial charge is 0.494 e. The molecule has 2 aromatic rings. The Morgan fingerprint density at radius 1 is 1.40 bits per heavy atom. The molecule has 132 valence electrons. The molecule has 1 aliphatic rings. The van der Waals surface area contributed by atoms with Gasteiger partial charge in [-0.3, -0.25) is 9.59 Å². The van der Waals surface area contributed by atoms with Crippen LogP contribution in [0.2, 0.25) is 0 Å². The lowest BCUT2D eigenvalue weighted by molar-refractivity contribution is 0.0950. The average molecular weight is 342 g/mol. The first kappa shape index (κ1) is 17.1. The Labute approximate surface area is 146 Å². The van der Waals surface area contributed by atoms with Crippen molar-refractivity contribution in [1.82, 2.24) is 9.88 Å². The van der Waals surface area contributed by atoms with E-state index in [-0.39, 0.29) is 17.6 Å². The highest BCUT2D eigenvalue weighted by Gasteiger charge is 2.22. The van der Waals surface area contributed by atoms with Gasteiger partial charge in [-0.1, -0.05) is 0 Å². The quantitative estimate of drug-likeness (QED) is 0.903. The average Bonchev–Trinajstić information content (AvgIpc) is 2.94. The number of carbonyl (C=O) groups is 1. The summed E-state index contributed by atoms with van der Waals surface area (Å²) >= 11 is 0. The van der Waals surface area contributed by atoms with E-state index in [4.69, 9.17) is 9.47 Å². The fourth-order valence-electron chi connectivity index (χ4n) is 2.88. The zero-order valence-electron chi connectivity index (χ0n) is 14.7. The van der Waals surface area contributed by atoms with Gasteiger partial charge in [0, 0.05) is 49.0 Å². The van der Waals surface area contributed by atoms with Crippen molar-refractivity contribution in [2.75, 3.05) is 6.61 Å². The van der Waals surface area contributed by atoms with Crippen molar-refractivity contribution in [3.8, 4) is 11.5 Å². The number of ether oxygens (including phenoxy) is 2. The first-order valence-electron chi connectivity index (χ1n) is 8.38. The molecule has 1 N–H and O–H groups in total. The third-order valence-electron chi connectivity index (χ3n) is 4.18. The van der Waals surface area contributed by atoms with Crippen LogP contribution in [0.4, 0.5) is 0 Å². The molecule has 6 heteroatoms. The van der Waals surface area contributed by atoms with Crippen LogP contribution in [0.15, 0.2) is 35.3 Å². The van der Waals surface area contributed by atoms with E-state index < -0.39 is 0 Å². The molecule has 0 spiro atoms. The predicted molar refractivity (Wildman–Crippen MR) is 94.3 cm³/mol. The number of hydrogen-bond donors (Lipinski definition) is 1. The van der Waals surface area contributed by atoms with Gasteiger partial charge in [-0.2, -0.15) is 0 Å². The molecule has 0 bridgehead atoms. The topological polar surface area (TPSA) is 69.6 Å². The lowest BCUT2D eigenvalue weighted by atomic mass is 10.1. The maximum atomic E-state index is 12.3. The molecule has 3 rings (SSSR count). The Balaban J connectivity index is 1.78. The van der Waals surface area contributed by atoms with Crippen LogP contribution in [0, 0.1) is 0 Å². The maximum absolute atomic E-state index is 12.3. The van der Waals surface area contributed by atoms with Gasteiger partial charge in [0.15, 0.2) is 0 Å². The standard InChI is InChI=1S/C19H22N2O4/c1-4-24-16-8-14-7-12(2)25-17(14)9-15(16)11-20-19(23)13-5-6-21(3)18(22)10-13/h5-6,8-10,12H,4,7,11H2,1-3H3,(H,20,23). The van der Waals surface area contributed by atoms with Crippen molar-refractivity contribution in [1.29, 1.82) is 0 Å². The molecular formula is C19H22N2O4. The first-order valence-corrected chi connectivity index (χ1v) is 8.38. The molecular weight excluding hydrogens is 320 g/mol. The second kappa shape index (κ2) is 7.01. The summed E-state index contributed by atoms with van der Waals surface area (Å²) in [7, 11) is 1.64. The molecule has 1 aromatic carbocycles. The number of aryl methyl sites for hydroxylation is 1. The third kappa shape index (κ3) is 3.68. The van der Waals surface area contributed by atoms with Crippen LogP contribution in [0.5, 0.6) is 11.5 Å². The number of nitrogens with zero attached hydrogens (tertiary/aromatic N) is 1. The number of carbonyl (C=O) groups excluding carboxylic acids is 1. The maximum Gasteiger partial charge on any atom is 0.251 e. The number of amides is 1. The van der Waals surface area contributed by atoms with Crippen LogP contribution in [0.1, 0.15) is 35.3 Å². The molecule has 0 saturated carbocycles. The zero-order valence-corrected chi connectivity index (χ0v) is 14.7. The highest BCUT2D eigenvalue weighted by Crippen LogP contribution is 2.35. The van der Waals surface area contributed by atoms with Crippen molar-refractivity contribution < 1.29 is 14.3 Å². The smallest absolute Gasteiger partial charge is 0.251 e. The fraction of sp³-hybridized carbons (Fsp3) is 0.368. The van der Waals surface area contributed by atoms with Gasteiger partial charge in [0.25, 0.3) is 11.5 Å². The van der Waals surface area contributed by atoms with Gasteiger partial charge >= 0.3 is 0 Å². The van der Waals surface area contributed by atoms with Crippen LogP contribution in [0.25, 0.3) is 0 Å². The summed E-state index contributed by atoms with van der Waals surface area (Å²) in [6.07, 6.45) is 2.58. The van der Waals surface area contributed by atoms with E-state index in [1.54, 1.807) is 19.3 Å². The van der Waals surface area contributed by atoms with Gasteiger partial charge in [0.1, 0.15) is 17.6 Å². The summed E-state index contributed by atoms with van der Waals surface area (Å²) in [4.78, 5) is 24.0. The van der Waals surface area contributed by atoms with Gasteiger partial charge in [0.05, 0.1) is 6.61 Å². The molecule has 0 aliphatic carbocycles. The van der Waals surface area contributed by atoms with Gasteiger partial charge in [-0.25, -0.2) is 0 Å². The molecule has 1 amide bonds. The van der Waals surface area contributed by atoms with E-state index in [1.807, 2.05) is 26.0 Å². The third-order valence-corrected chi connectivity index (χ3v) is 4.18. The van der Waals surface area contributed by atoms with Crippen molar-refractivity contribution in [2.24, 2.45) is 7.05 Å². The predicted octanol–water partition coefficient (Wildman–Crippen LogP) is 2.04. The molecule has 1 unspecified atom stereocenters. The number of hydrogen-bond acceptors (Lipinski definition) is 4. The van der Waals surface area contributed by atoms with Crippen LogP contribution in [-0.4, -0.2) is 23.2 Å². The molecule has 2 heterocycles. The number of aromatic nitrogens is 1. The number of benzene rings is 1. The minimum Gasteiger partial charge on any atom is -0.494 e. The van der Waals surface area contributed by atoms with E-state index in [0.717, 1.165) is 29.0 Å². The zero-order chi connectivity index (χ0) is 18.0. The molecule has 0 radical (unpaired) electrons. The first-order chi connectivity index (χ1) is 12.0. The van der Waals surface area contributed by atoms with Gasteiger partial charge < -0.3 is 19.4 Å². The minimum absolute atomic E-state index is 0.148. The second-order valence-corrected chi connectivity index (χ2v) is 6.18. The Kier molecular flexibility index (Phi) is 4.79. The Hall–Kier alpha value is -2.76. The Morgan fingerprint density at radius 3 is 2.92 bits per heavy atom. The van der Waals surface area contributed by atoms with Crippen LogP contribution >= 0.6 is 0 Å². The number of pyridine rings is 1. The number of fused-ring (bicyclic) bond motifs is 1. The molecule has 1 aliphatic heterocycles. The van der Waals surface area contributed by atoms with Crippen LogP contribution in [-0.2, 0) is 20.0 Å². The minimum atomic E-state index is -0.296. The summed E-state index contributed by atoms with van der Waals surface area (Å²) in [5.74, 6) is 1.30. The van der Waals surface area contributed by atoms with E-state index >= 15 is 0 Å². The van der Waals surface area contributed by atoms with Gasteiger partial charge in [-0.05, 0) is 32.0 Å². The molecule has 1 aromatic heterocycles. The molecule has 6 nitrogen and oxygen atoms in total. The van der Waals surface area contributed by atoms with E-state index in [0.29, 0.717) is 18.7 Å². The molecule has 1 atom stereocenters. The van der Waals surface area contributed by atoms with Crippen molar-refractivity contribution in [3.63, 3.8) is 0 Å². The SMILES string of the molecule is CCOc1cc2c(cc1CNC(=O)c1ccn(C)c(=O)c1)OC(C)C2. The highest BCUT2D eigenvalue weighted by atomic mass is 16.5. The summed E-state index contributed by atoms with van der Waals surface area (Å²) in [5.41, 5.74) is 2.10. The summed E-state index contributed by atoms with van der Waals surface area (Å²) in [6.45, 7) is 4.80. The van der Waals surface area contributed by atoms with Crippen molar-refractivity contribution >= 4 is 5.91 Å². The lowest BCUT2D eigenvalue weighted by Crippen LogP contribution is -2.26. The van der Waals surface area contributed by atoms with Crippen molar-refractivity contribution in [3.05, 3.63) is 57.5 Å². The normalized spacial score (nSPS) is 15.4. The lowest BCUT2D eigenvalue weighted by Gasteiger charge is -2.13. The molecule has 0 fully saturated rings. The van der Waals surface area contributed by atoms with Crippen LogP contribution in [0.3, 0.4) is 0 Å². The second-order valence-electron chi connectivity index (χ2n) is 6.18. The van der Waals surface area contributed by atoms with Crippen molar-refractivity contribution in [2.45, 2.75) is 32.9 Å². The summed E-state index contributed by atoms with van der Waals surface area (Å²) in [6, 6.07) is 6.86. The highest BCUT2D eigenvalue weighted by molar-refractivity contribution is 5.93. The van der Waals surface area contributed by atoms with E-state index in [9.17, 15) is 9.59 Å². The number of nitrogens with one attached hydrogen (secondary N) is 1. The van der Waals surface area contributed by atoms with Gasteiger partial charge in [0.2, 0.25) is 0 Å². The van der Waals surface area contributed by atoms with E-state index in [2.05, 4.69) is 5.32 Å². The Bertz CT molecular complexity index is 857. The van der Waals surface area contributed by atoms with Crippen LogP contribution < -0.4 is 20.3 Å². The van der Waals surface area contributed by atoms with Gasteiger partial charge in [-0.15, -0.1) is 0 Å². The number of rotatable bonds is 5. The van der Waals surface area contributed by atoms with E-state index in [1.165, 1.54) is 10.6 Å². The fourth-order valence-corrected chi connectivity index (χ4v) is 2.88.